The molecule has 0 saturated heterocycles. The SMILES string of the molecule is CNC(=O)c1ccccc1NC(=O)c1ccc(OC)c(S(=O)(=O)NC(C)C)c1. The van der Waals surface area contributed by atoms with E-state index in [0.29, 0.717) is 11.3 Å². The summed E-state index contributed by atoms with van der Waals surface area (Å²) in [6.07, 6.45) is 0. The predicted molar refractivity (Wildman–Crippen MR) is 106 cm³/mol. The number of sulfonamides is 1. The molecule has 0 bridgehead atoms. The molecule has 2 amide bonds. The average Bonchev–Trinajstić information content (AvgIpc) is 2.66. The van der Waals surface area contributed by atoms with E-state index in [4.69, 9.17) is 4.74 Å². The van der Waals surface area contributed by atoms with Crippen molar-refractivity contribution in [3.8, 4) is 5.75 Å². The smallest absolute Gasteiger partial charge is 0.255 e. The van der Waals surface area contributed by atoms with Crippen LogP contribution in [0.15, 0.2) is 47.4 Å². The van der Waals surface area contributed by atoms with Gasteiger partial charge in [-0.05, 0) is 44.2 Å². The van der Waals surface area contributed by atoms with E-state index in [1.54, 1.807) is 38.1 Å². The van der Waals surface area contributed by atoms with Gasteiger partial charge in [0.25, 0.3) is 11.8 Å². The van der Waals surface area contributed by atoms with Crippen LogP contribution in [-0.4, -0.2) is 40.4 Å². The molecule has 0 aliphatic rings. The van der Waals surface area contributed by atoms with E-state index in [9.17, 15) is 18.0 Å². The first-order valence-corrected chi connectivity index (χ1v) is 10.0. The second kappa shape index (κ2) is 8.85. The highest BCUT2D eigenvalue weighted by Crippen LogP contribution is 2.26. The fourth-order valence-electron chi connectivity index (χ4n) is 2.52. The van der Waals surface area contributed by atoms with Crippen molar-refractivity contribution in [1.29, 1.82) is 0 Å². The van der Waals surface area contributed by atoms with Gasteiger partial charge in [-0.15, -0.1) is 0 Å². The number of para-hydroxylation sites is 1. The van der Waals surface area contributed by atoms with E-state index in [1.807, 2.05) is 0 Å². The predicted octanol–water partition coefficient (Wildman–Crippen LogP) is 1.99. The number of carbonyl (C=O) groups excluding carboxylic acids is 2. The van der Waals surface area contributed by atoms with Crippen molar-refractivity contribution < 1.29 is 22.7 Å². The first-order chi connectivity index (χ1) is 13.2. The fourth-order valence-corrected chi connectivity index (χ4v) is 3.97. The summed E-state index contributed by atoms with van der Waals surface area (Å²) in [5, 5.41) is 5.15. The highest BCUT2D eigenvalue weighted by Gasteiger charge is 2.23. The lowest BCUT2D eigenvalue weighted by Crippen LogP contribution is -2.30. The molecule has 9 heteroatoms. The van der Waals surface area contributed by atoms with Crippen molar-refractivity contribution in [1.82, 2.24) is 10.0 Å². The van der Waals surface area contributed by atoms with Crippen molar-refractivity contribution >= 4 is 27.5 Å². The van der Waals surface area contributed by atoms with Crippen LogP contribution in [0, 0.1) is 0 Å². The number of ether oxygens (including phenoxy) is 1. The molecular weight excluding hydrogens is 382 g/mol. The van der Waals surface area contributed by atoms with E-state index < -0.39 is 15.9 Å². The number of rotatable bonds is 7. The van der Waals surface area contributed by atoms with Crippen LogP contribution in [0.25, 0.3) is 0 Å². The molecule has 0 saturated carbocycles. The Bertz CT molecular complexity index is 987. The Balaban J connectivity index is 2.40. The molecule has 2 aromatic rings. The van der Waals surface area contributed by atoms with E-state index in [-0.39, 0.29) is 28.2 Å². The van der Waals surface area contributed by atoms with Crippen LogP contribution >= 0.6 is 0 Å². The molecule has 150 valence electrons. The summed E-state index contributed by atoms with van der Waals surface area (Å²) in [6, 6.07) is 10.3. The third-order valence-electron chi connectivity index (χ3n) is 3.75. The zero-order valence-electron chi connectivity index (χ0n) is 16.1. The van der Waals surface area contributed by atoms with Gasteiger partial charge >= 0.3 is 0 Å². The minimum absolute atomic E-state index is 0.108. The summed E-state index contributed by atoms with van der Waals surface area (Å²) in [5.74, 6) is -0.787. The van der Waals surface area contributed by atoms with Gasteiger partial charge in [0, 0.05) is 18.7 Å². The van der Waals surface area contributed by atoms with Gasteiger partial charge in [-0.1, -0.05) is 12.1 Å². The monoisotopic (exact) mass is 405 g/mol. The maximum Gasteiger partial charge on any atom is 0.255 e. The van der Waals surface area contributed by atoms with E-state index >= 15 is 0 Å². The summed E-state index contributed by atoms with van der Waals surface area (Å²) in [5.41, 5.74) is 0.713. The second-order valence-electron chi connectivity index (χ2n) is 6.22. The Kier molecular flexibility index (Phi) is 6.76. The lowest BCUT2D eigenvalue weighted by Gasteiger charge is -2.14. The molecule has 28 heavy (non-hydrogen) atoms. The Morgan fingerprint density at radius 3 is 2.32 bits per heavy atom. The van der Waals surface area contributed by atoms with Crippen LogP contribution in [-0.2, 0) is 10.0 Å². The zero-order valence-corrected chi connectivity index (χ0v) is 16.9. The number of hydrogen-bond acceptors (Lipinski definition) is 5. The lowest BCUT2D eigenvalue weighted by atomic mass is 10.1. The van der Waals surface area contributed by atoms with Gasteiger partial charge in [-0.25, -0.2) is 13.1 Å². The van der Waals surface area contributed by atoms with Gasteiger partial charge in [0.2, 0.25) is 10.0 Å². The molecule has 2 aromatic carbocycles. The standard InChI is InChI=1S/C19H23N3O5S/c1-12(2)22-28(25,26)17-11-13(9-10-16(17)27-4)18(23)21-15-8-6-5-7-14(15)19(24)20-3/h5-12,22H,1-4H3,(H,20,24)(H,21,23). The van der Waals surface area contributed by atoms with Gasteiger partial charge in [0.15, 0.2) is 0 Å². The summed E-state index contributed by atoms with van der Waals surface area (Å²) in [6.45, 7) is 3.38. The minimum Gasteiger partial charge on any atom is -0.495 e. The molecule has 0 heterocycles. The fraction of sp³-hybridized carbons (Fsp3) is 0.263. The van der Waals surface area contributed by atoms with Crippen LogP contribution in [0.3, 0.4) is 0 Å². The van der Waals surface area contributed by atoms with Crippen LogP contribution < -0.4 is 20.1 Å². The average molecular weight is 405 g/mol. The van der Waals surface area contributed by atoms with E-state index in [0.717, 1.165) is 0 Å². The molecule has 0 aliphatic heterocycles. The Hall–Kier alpha value is -2.91. The Labute approximate surface area is 164 Å². The first-order valence-electron chi connectivity index (χ1n) is 8.52. The van der Waals surface area contributed by atoms with Crippen LogP contribution in [0.2, 0.25) is 0 Å². The quantitative estimate of drug-likeness (QED) is 0.652. The topological polar surface area (TPSA) is 114 Å². The lowest BCUT2D eigenvalue weighted by molar-refractivity contribution is 0.0964. The number of benzene rings is 2. The Morgan fingerprint density at radius 2 is 1.71 bits per heavy atom. The molecule has 0 spiro atoms. The largest absolute Gasteiger partial charge is 0.495 e. The van der Waals surface area contributed by atoms with Gasteiger partial charge in [-0.3, -0.25) is 9.59 Å². The maximum atomic E-state index is 12.7. The van der Waals surface area contributed by atoms with Crippen molar-refractivity contribution in [3.05, 3.63) is 53.6 Å². The molecule has 0 radical (unpaired) electrons. The number of hydrogen-bond donors (Lipinski definition) is 3. The summed E-state index contributed by atoms with van der Waals surface area (Å²) in [4.78, 5) is 24.5. The molecule has 0 aliphatic carbocycles. The number of amides is 2. The van der Waals surface area contributed by atoms with Crippen LogP contribution in [0.4, 0.5) is 5.69 Å². The highest BCUT2D eigenvalue weighted by molar-refractivity contribution is 7.89. The number of carbonyl (C=O) groups is 2. The molecule has 0 unspecified atom stereocenters. The van der Waals surface area contributed by atoms with Gasteiger partial charge < -0.3 is 15.4 Å². The molecule has 8 nitrogen and oxygen atoms in total. The van der Waals surface area contributed by atoms with Crippen molar-refractivity contribution in [2.75, 3.05) is 19.5 Å². The molecule has 2 rings (SSSR count). The van der Waals surface area contributed by atoms with E-state index in [1.165, 1.54) is 32.4 Å². The Morgan fingerprint density at radius 1 is 1.04 bits per heavy atom. The van der Waals surface area contributed by atoms with Crippen molar-refractivity contribution in [3.63, 3.8) is 0 Å². The number of methoxy groups -OCH3 is 1. The summed E-state index contributed by atoms with van der Waals surface area (Å²) >= 11 is 0. The molecule has 3 N–H and O–H groups in total. The van der Waals surface area contributed by atoms with Gasteiger partial charge in [0.05, 0.1) is 18.4 Å². The summed E-state index contributed by atoms with van der Waals surface area (Å²) < 4.78 is 32.7. The third-order valence-corrected chi connectivity index (χ3v) is 5.43. The molecule has 0 atom stereocenters. The number of nitrogens with one attached hydrogen (secondary N) is 3. The highest BCUT2D eigenvalue weighted by atomic mass is 32.2. The zero-order chi connectivity index (χ0) is 20.9. The van der Waals surface area contributed by atoms with Crippen LogP contribution in [0.5, 0.6) is 5.75 Å². The van der Waals surface area contributed by atoms with Gasteiger partial charge in [0.1, 0.15) is 10.6 Å². The van der Waals surface area contributed by atoms with Crippen LogP contribution in [0.1, 0.15) is 34.6 Å². The molecule has 0 fully saturated rings. The van der Waals surface area contributed by atoms with Crippen molar-refractivity contribution in [2.45, 2.75) is 24.8 Å². The van der Waals surface area contributed by atoms with E-state index in [2.05, 4.69) is 15.4 Å². The molecular formula is C19H23N3O5S. The molecule has 0 aromatic heterocycles. The number of anilines is 1. The summed E-state index contributed by atoms with van der Waals surface area (Å²) in [7, 11) is -1.04. The third kappa shape index (κ3) is 4.87. The minimum atomic E-state index is -3.88. The maximum absolute atomic E-state index is 12.7. The first kappa shape index (κ1) is 21.4. The second-order valence-corrected chi connectivity index (χ2v) is 7.90. The van der Waals surface area contributed by atoms with Crippen molar-refractivity contribution in [2.24, 2.45) is 0 Å². The van der Waals surface area contributed by atoms with Gasteiger partial charge in [-0.2, -0.15) is 0 Å². The normalized spacial score (nSPS) is 11.2.